The summed E-state index contributed by atoms with van der Waals surface area (Å²) in [4.78, 5) is 13.3. The fraction of sp³-hybridized carbons (Fsp3) is 0.368. The van der Waals surface area contributed by atoms with Gasteiger partial charge in [-0.05, 0) is 42.8 Å². The van der Waals surface area contributed by atoms with Crippen molar-refractivity contribution >= 4 is 11.6 Å². The molecule has 0 radical (unpaired) electrons. The van der Waals surface area contributed by atoms with E-state index >= 15 is 0 Å². The Morgan fingerprint density at radius 3 is 2.52 bits per heavy atom. The zero-order valence-electron chi connectivity index (χ0n) is 14.7. The average Bonchev–Trinajstić information content (AvgIpc) is 2.65. The number of nitrogens with zero attached hydrogens (tertiary/aromatic N) is 4. The molecule has 1 aromatic heterocycles. The van der Waals surface area contributed by atoms with E-state index in [-0.39, 0.29) is 5.82 Å². The minimum atomic E-state index is -0.197. The highest BCUT2D eigenvalue weighted by molar-refractivity contribution is 5.80. The van der Waals surface area contributed by atoms with Crippen molar-refractivity contribution in [3.8, 4) is 0 Å². The Balaban J connectivity index is 1.55. The second kappa shape index (κ2) is 7.96. The zero-order chi connectivity index (χ0) is 17.6. The van der Waals surface area contributed by atoms with Crippen molar-refractivity contribution < 1.29 is 4.39 Å². The molecule has 6 heteroatoms. The topological polar surface area (TPSA) is 43.8 Å². The van der Waals surface area contributed by atoms with Gasteiger partial charge in [0.2, 0.25) is 0 Å². The van der Waals surface area contributed by atoms with Crippen molar-refractivity contribution in [2.45, 2.75) is 13.5 Å². The van der Waals surface area contributed by atoms with Crippen LogP contribution in [0.25, 0.3) is 0 Å². The van der Waals surface area contributed by atoms with Gasteiger partial charge in [-0.15, -0.1) is 0 Å². The van der Waals surface area contributed by atoms with Gasteiger partial charge in [-0.2, -0.15) is 0 Å². The predicted octanol–water partition coefficient (Wildman–Crippen LogP) is 2.43. The highest BCUT2D eigenvalue weighted by Crippen LogP contribution is 2.17. The van der Waals surface area contributed by atoms with Gasteiger partial charge in [0.15, 0.2) is 5.96 Å². The van der Waals surface area contributed by atoms with E-state index in [4.69, 9.17) is 0 Å². The number of nitrogens with one attached hydrogen (secondary N) is 1. The third-order valence-electron chi connectivity index (χ3n) is 4.51. The van der Waals surface area contributed by atoms with Gasteiger partial charge in [0.05, 0.1) is 12.2 Å². The number of benzene rings is 1. The van der Waals surface area contributed by atoms with Crippen LogP contribution in [0.15, 0.2) is 47.6 Å². The number of anilines is 1. The Kier molecular flexibility index (Phi) is 5.48. The molecule has 25 heavy (non-hydrogen) atoms. The van der Waals surface area contributed by atoms with Crippen LogP contribution in [0.2, 0.25) is 0 Å². The first-order chi connectivity index (χ1) is 12.2. The van der Waals surface area contributed by atoms with Crippen molar-refractivity contribution in [2.75, 3.05) is 38.1 Å². The van der Waals surface area contributed by atoms with Gasteiger partial charge < -0.3 is 15.1 Å². The van der Waals surface area contributed by atoms with Crippen LogP contribution in [0.1, 0.15) is 11.3 Å². The molecule has 2 heterocycles. The summed E-state index contributed by atoms with van der Waals surface area (Å²) in [6.07, 6.45) is 1.81. The van der Waals surface area contributed by atoms with Gasteiger partial charge in [0, 0.05) is 45.1 Å². The molecule has 1 saturated heterocycles. The molecular weight excluding hydrogens is 317 g/mol. The Labute approximate surface area is 148 Å². The van der Waals surface area contributed by atoms with E-state index < -0.39 is 0 Å². The van der Waals surface area contributed by atoms with E-state index in [9.17, 15) is 4.39 Å². The predicted molar refractivity (Wildman–Crippen MR) is 99.4 cm³/mol. The van der Waals surface area contributed by atoms with Crippen LogP contribution >= 0.6 is 0 Å². The number of pyridine rings is 1. The molecule has 0 amide bonds. The van der Waals surface area contributed by atoms with E-state index in [0.29, 0.717) is 6.54 Å². The molecule has 0 saturated carbocycles. The fourth-order valence-corrected chi connectivity index (χ4v) is 3.03. The quantitative estimate of drug-likeness (QED) is 0.688. The number of aromatic nitrogens is 1. The molecule has 1 fully saturated rings. The number of aliphatic imine (C=N–C) groups is 1. The smallest absolute Gasteiger partial charge is 0.194 e. The molecule has 0 bridgehead atoms. The Bertz CT molecular complexity index is 721. The number of hydrogen-bond donors (Lipinski definition) is 1. The summed E-state index contributed by atoms with van der Waals surface area (Å²) < 4.78 is 13.1. The Morgan fingerprint density at radius 2 is 1.88 bits per heavy atom. The lowest BCUT2D eigenvalue weighted by atomic mass is 10.2. The summed E-state index contributed by atoms with van der Waals surface area (Å²) in [6.45, 7) is 6.24. The minimum absolute atomic E-state index is 0.197. The van der Waals surface area contributed by atoms with Crippen molar-refractivity contribution in [3.63, 3.8) is 0 Å². The number of halogens is 1. The molecule has 3 rings (SSSR count). The van der Waals surface area contributed by atoms with E-state index in [2.05, 4.69) is 38.1 Å². The summed E-state index contributed by atoms with van der Waals surface area (Å²) in [7, 11) is 1.81. The van der Waals surface area contributed by atoms with Crippen molar-refractivity contribution in [1.82, 2.24) is 15.2 Å². The van der Waals surface area contributed by atoms with E-state index in [1.807, 2.05) is 24.4 Å². The Morgan fingerprint density at radius 1 is 1.16 bits per heavy atom. The molecule has 1 aromatic carbocycles. The van der Waals surface area contributed by atoms with Crippen LogP contribution in [0.4, 0.5) is 10.1 Å². The molecule has 2 aromatic rings. The van der Waals surface area contributed by atoms with Gasteiger partial charge in [-0.25, -0.2) is 4.39 Å². The first kappa shape index (κ1) is 17.2. The summed E-state index contributed by atoms with van der Waals surface area (Å²) in [5, 5.41) is 3.40. The minimum Gasteiger partial charge on any atom is -0.368 e. The van der Waals surface area contributed by atoms with Gasteiger partial charge in [0.25, 0.3) is 0 Å². The molecule has 1 aliphatic heterocycles. The van der Waals surface area contributed by atoms with Crippen LogP contribution in [-0.4, -0.2) is 49.1 Å². The number of piperazine rings is 1. The lowest BCUT2D eigenvalue weighted by molar-refractivity contribution is 0.372. The SMILES string of the molecule is CN=C(NCc1ncccc1C)N1CCN(c2ccc(F)cc2)CC1. The number of hydrogen-bond acceptors (Lipinski definition) is 3. The molecule has 5 nitrogen and oxygen atoms in total. The first-order valence-electron chi connectivity index (χ1n) is 8.54. The van der Waals surface area contributed by atoms with Gasteiger partial charge in [0.1, 0.15) is 5.82 Å². The molecule has 0 atom stereocenters. The van der Waals surface area contributed by atoms with Crippen LogP contribution in [-0.2, 0) is 6.54 Å². The number of aryl methyl sites for hydroxylation is 1. The van der Waals surface area contributed by atoms with Crippen molar-refractivity contribution in [1.29, 1.82) is 0 Å². The Hall–Kier alpha value is -2.63. The fourth-order valence-electron chi connectivity index (χ4n) is 3.03. The van der Waals surface area contributed by atoms with Crippen molar-refractivity contribution in [2.24, 2.45) is 4.99 Å². The van der Waals surface area contributed by atoms with E-state index in [1.54, 1.807) is 7.05 Å². The molecular formula is C19H24FN5. The third kappa shape index (κ3) is 4.26. The normalized spacial score (nSPS) is 15.4. The lowest BCUT2D eigenvalue weighted by Crippen LogP contribution is -2.52. The summed E-state index contributed by atoms with van der Waals surface area (Å²) >= 11 is 0. The van der Waals surface area contributed by atoms with E-state index in [0.717, 1.165) is 43.5 Å². The van der Waals surface area contributed by atoms with Crippen LogP contribution in [0.3, 0.4) is 0 Å². The zero-order valence-corrected chi connectivity index (χ0v) is 14.7. The van der Waals surface area contributed by atoms with Gasteiger partial charge >= 0.3 is 0 Å². The molecule has 0 spiro atoms. The lowest BCUT2D eigenvalue weighted by Gasteiger charge is -2.37. The van der Waals surface area contributed by atoms with Crippen LogP contribution < -0.4 is 10.2 Å². The van der Waals surface area contributed by atoms with Gasteiger partial charge in [-0.1, -0.05) is 6.07 Å². The number of rotatable bonds is 3. The summed E-state index contributed by atoms with van der Waals surface area (Å²) in [5.74, 6) is 0.695. The van der Waals surface area contributed by atoms with Crippen LogP contribution in [0.5, 0.6) is 0 Å². The maximum atomic E-state index is 13.1. The van der Waals surface area contributed by atoms with E-state index in [1.165, 1.54) is 17.7 Å². The number of guanidine groups is 1. The van der Waals surface area contributed by atoms with Crippen molar-refractivity contribution in [3.05, 3.63) is 59.7 Å². The summed E-state index contributed by atoms with van der Waals surface area (Å²) in [5.41, 5.74) is 3.27. The molecule has 1 aliphatic rings. The second-order valence-electron chi connectivity index (χ2n) is 6.12. The average molecular weight is 341 g/mol. The summed E-state index contributed by atoms with van der Waals surface area (Å²) in [6, 6.07) is 10.7. The molecule has 132 valence electrons. The highest BCUT2D eigenvalue weighted by atomic mass is 19.1. The standard InChI is InChI=1S/C19H24FN5/c1-15-4-3-9-22-18(15)14-23-19(21-2)25-12-10-24(11-13-25)17-7-5-16(20)6-8-17/h3-9H,10-14H2,1-2H3,(H,21,23). The molecule has 1 N–H and O–H groups in total. The van der Waals surface area contributed by atoms with Crippen LogP contribution in [0, 0.1) is 12.7 Å². The molecule has 0 unspecified atom stereocenters. The monoisotopic (exact) mass is 341 g/mol. The van der Waals surface area contributed by atoms with Gasteiger partial charge in [-0.3, -0.25) is 9.98 Å². The maximum Gasteiger partial charge on any atom is 0.194 e. The second-order valence-corrected chi connectivity index (χ2v) is 6.12. The largest absolute Gasteiger partial charge is 0.368 e. The molecule has 0 aliphatic carbocycles. The third-order valence-corrected chi connectivity index (χ3v) is 4.51. The maximum absolute atomic E-state index is 13.1. The highest BCUT2D eigenvalue weighted by Gasteiger charge is 2.20. The first-order valence-corrected chi connectivity index (χ1v) is 8.54.